The second kappa shape index (κ2) is 9.93. The maximum atomic E-state index is 12.4. The summed E-state index contributed by atoms with van der Waals surface area (Å²) in [5, 5.41) is 12.3. The van der Waals surface area contributed by atoms with Gasteiger partial charge in [0.15, 0.2) is 6.10 Å². The molecule has 0 radical (unpaired) electrons. The lowest BCUT2D eigenvalue weighted by Gasteiger charge is -2.30. The monoisotopic (exact) mass is 383 g/mol. The summed E-state index contributed by atoms with van der Waals surface area (Å²) in [6.07, 6.45) is 4.83. The van der Waals surface area contributed by atoms with Crippen molar-refractivity contribution in [3.63, 3.8) is 0 Å². The quantitative estimate of drug-likeness (QED) is 0.463. The highest BCUT2D eigenvalue weighted by molar-refractivity contribution is 5.99. The summed E-state index contributed by atoms with van der Waals surface area (Å²) in [7, 11) is 3.87. The third-order valence-electron chi connectivity index (χ3n) is 5.15. The van der Waals surface area contributed by atoms with Gasteiger partial charge in [0, 0.05) is 25.8 Å². The summed E-state index contributed by atoms with van der Waals surface area (Å²) in [5.41, 5.74) is 1.59. The first-order chi connectivity index (χ1) is 13.3. The normalized spacial score (nSPS) is 20.6. The maximum Gasteiger partial charge on any atom is 0.349 e. The number of nitrogens with one attached hydrogen (secondary N) is 1. The van der Waals surface area contributed by atoms with Crippen LogP contribution in [0.5, 0.6) is 0 Å². The van der Waals surface area contributed by atoms with E-state index in [1.807, 2.05) is 49.3 Å². The number of ether oxygens (including phenoxy) is 1. The van der Waals surface area contributed by atoms with E-state index in [-0.39, 0.29) is 17.5 Å². The van der Waals surface area contributed by atoms with Crippen molar-refractivity contribution in [1.82, 2.24) is 5.32 Å². The number of anilines is 1. The van der Waals surface area contributed by atoms with E-state index in [0.29, 0.717) is 11.5 Å². The molecule has 0 saturated heterocycles. The van der Waals surface area contributed by atoms with Crippen LogP contribution in [0.1, 0.15) is 45.1 Å². The third-order valence-corrected chi connectivity index (χ3v) is 5.15. The molecule has 1 aliphatic carbocycles. The van der Waals surface area contributed by atoms with E-state index in [0.717, 1.165) is 24.9 Å². The fraction of sp³-hybridized carbons (Fsp3) is 0.500. The molecule has 1 fully saturated rings. The number of esters is 1. The molecule has 0 unspecified atom stereocenters. The van der Waals surface area contributed by atoms with Gasteiger partial charge in [0.1, 0.15) is 11.6 Å². The van der Waals surface area contributed by atoms with E-state index in [2.05, 4.69) is 12.2 Å². The summed E-state index contributed by atoms with van der Waals surface area (Å²) in [6, 6.07) is 9.41. The Hall–Kier alpha value is -2.81. The minimum atomic E-state index is -0.950. The molecule has 150 valence electrons. The Labute approximate surface area is 167 Å². The Balaban J connectivity index is 1.98. The van der Waals surface area contributed by atoms with Crippen LogP contribution >= 0.6 is 0 Å². The van der Waals surface area contributed by atoms with E-state index in [1.54, 1.807) is 0 Å². The molecule has 0 heterocycles. The molecule has 3 atom stereocenters. The molecule has 0 aromatic heterocycles. The van der Waals surface area contributed by atoms with Gasteiger partial charge in [-0.25, -0.2) is 4.79 Å². The largest absolute Gasteiger partial charge is 0.448 e. The summed E-state index contributed by atoms with van der Waals surface area (Å²) in [6.45, 7) is 3.65. The van der Waals surface area contributed by atoms with Gasteiger partial charge in [-0.15, -0.1) is 0 Å². The predicted molar refractivity (Wildman–Crippen MR) is 109 cm³/mol. The SMILES string of the molecule is C[C@@H](OC(=O)/C(C#N)=C/c1ccc(N(C)C)cc1)C(=O)N[C@@H]1CCCC[C@@H]1C. The summed E-state index contributed by atoms with van der Waals surface area (Å²) >= 11 is 0. The second-order valence-corrected chi connectivity index (χ2v) is 7.58. The van der Waals surface area contributed by atoms with Crippen molar-refractivity contribution in [1.29, 1.82) is 5.26 Å². The van der Waals surface area contributed by atoms with Gasteiger partial charge in [-0.3, -0.25) is 4.79 Å². The number of carbonyl (C=O) groups is 2. The highest BCUT2D eigenvalue weighted by Crippen LogP contribution is 2.24. The van der Waals surface area contributed by atoms with Gasteiger partial charge < -0.3 is 15.0 Å². The smallest absolute Gasteiger partial charge is 0.349 e. The maximum absolute atomic E-state index is 12.4. The van der Waals surface area contributed by atoms with Crippen LogP contribution in [0, 0.1) is 17.2 Å². The van der Waals surface area contributed by atoms with Crippen LogP contribution in [-0.2, 0) is 14.3 Å². The van der Waals surface area contributed by atoms with Gasteiger partial charge in [0.2, 0.25) is 0 Å². The predicted octanol–water partition coefficient (Wildman–Crippen LogP) is 3.29. The Kier molecular flexibility index (Phi) is 7.62. The first kappa shape index (κ1) is 21.5. The van der Waals surface area contributed by atoms with Crippen molar-refractivity contribution in [2.45, 2.75) is 51.7 Å². The highest BCUT2D eigenvalue weighted by atomic mass is 16.5. The average Bonchev–Trinajstić information content (AvgIpc) is 2.67. The van der Waals surface area contributed by atoms with Crippen molar-refractivity contribution in [3.05, 3.63) is 35.4 Å². The molecule has 6 nitrogen and oxygen atoms in total. The standard InChI is InChI=1S/C22H29N3O3/c1-15-7-5-6-8-20(15)24-21(26)16(2)28-22(27)18(14-23)13-17-9-11-19(12-10-17)25(3)4/h9-13,15-16,20H,5-8H2,1-4H3,(H,24,26)/b18-13+/t15-,16+,20+/m0/s1. The van der Waals surface area contributed by atoms with Gasteiger partial charge in [0.25, 0.3) is 5.91 Å². The molecule has 1 N–H and O–H groups in total. The molecular formula is C22H29N3O3. The molecular weight excluding hydrogens is 354 g/mol. The van der Waals surface area contributed by atoms with Gasteiger partial charge in [-0.2, -0.15) is 5.26 Å². The lowest BCUT2D eigenvalue weighted by Crippen LogP contribution is -2.46. The molecule has 0 aliphatic heterocycles. The lowest BCUT2D eigenvalue weighted by molar-refractivity contribution is -0.151. The minimum absolute atomic E-state index is 0.114. The van der Waals surface area contributed by atoms with Gasteiger partial charge >= 0.3 is 5.97 Å². The molecule has 1 aliphatic rings. The number of nitriles is 1. The Morgan fingerprint density at radius 2 is 1.89 bits per heavy atom. The molecule has 6 heteroatoms. The number of amides is 1. The van der Waals surface area contributed by atoms with Gasteiger partial charge in [-0.05, 0) is 49.5 Å². The van der Waals surface area contributed by atoms with E-state index in [9.17, 15) is 14.9 Å². The first-order valence-corrected chi connectivity index (χ1v) is 9.72. The van der Waals surface area contributed by atoms with E-state index < -0.39 is 12.1 Å². The number of nitrogens with zero attached hydrogens (tertiary/aromatic N) is 2. The van der Waals surface area contributed by atoms with Crippen LogP contribution in [0.15, 0.2) is 29.8 Å². The topological polar surface area (TPSA) is 82.4 Å². The molecule has 28 heavy (non-hydrogen) atoms. The van der Waals surface area contributed by atoms with Crippen molar-refractivity contribution in [3.8, 4) is 6.07 Å². The van der Waals surface area contributed by atoms with E-state index in [1.165, 1.54) is 19.4 Å². The molecule has 1 aromatic carbocycles. The molecule has 1 saturated carbocycles. The van der Waals surface area contributed by atoms with Crippen LogP contribution in [0.2, 0.25) is 0 Å². The number of hydrogen-bond acceptors (Lipinski definition) is 5. The van der Waals surface area contributed by atoms with Crippen molar-refractivity contribution >= 4 is 23.6 Å². The number of carbonyl (C=O) groups excluding carboxylic acids is 2. The van der Waals surface area contributed by atoms with Crippen molar-refractivity contribution in [2.75, 3.05) is 19.0 Å². The summed E-state index contributed by atoms with van der Waals surface area (Å²) in [4.78, 5) is 26.7. The summed E-state index contributed by atoms with van der Waals surface area (Å²) in [5.74, 6) is -0.696. The van der Waals surface area contributed by atoms with Crippen LogP contribution < -0.4 is 10.2 Å². The third kappa shape index (κ3) is 5.85. The number of benzene rings is 1. The molecule has 0 spiro atoms. The Morgan fingerprint density at radius 1 is 1.25 bits per heavy atom. The zero-order valence-corrected chi connectivity index (χ0v) is 17.1. The number of hydrogen-bond donors (Lipinski definition) is 1. The van der Waals surface area contributed by atoms with Crippen LogP contribution in [-0.4, -0.2) is 38.1 Å². The fourth-order valence-corrected chi connectivity index (χ4v) is 3.28. The van der Waals surface area contributed by atoms with Crippen LogP contribution in [0.3, 0.4) is 0 Å². The van der Waals surface area contributed by atoms with Gasteiger partial charge in [-0.1, -0.05) is 31.9 Å². The highest BCUT2D eigenvalue weighted by Gasteiger charge is 2.27. The fourth-order valence-electron chi connectivity index (χ4n) is 3.28. The van der Waals surface area contributed by atoms with Crippen molar-refractivity contribution < 1.29 is 14.3 Å². The molecule has 0 bridgehead atoms. The Morgan fingerprint density at radius 3 is 2.46 bits per heavy atom. The van der Waals surface area contributed by atoms with Crippen LogP contribution in [0.4, 0.5) is 5.69 Å². The van der Waals surface area contributed by atoms with E-state index >= 15 is 0 Å². The average molecular weight is 383 g/mol. The van der Waals surface area contributed by atoms with Crippen molar-refractivity contribution in [2.24, 2.45) is 5.92 Å². The molecule has 1 aromatic rings. The lowest BCUT2D eigenvalue weighted by atomic mass is 9.86. The van der Waals surface area contributed by atoms with Crippen LogP contribution in [0.25, 0.3) is 6.08 Å². The van der Waals surface area contributed by atoms with Gasteiger partial charge in [0.05, 0.1) is 0 Å². The summed E-state index contributed by atoms with van der Waals surface area (Å²) < 4.78 is 5.23. The zero-order valence-electron chi connectivity index (χ0n) is 17.1. The second-order valence-electron chi connectivity index (χ2n) is 7.58. The number of rotatable bonds is 6. The molecule has 1 amide bonds. The van der Waals surface area contributed by atoms with E-state index in [4.69, 9.17) is 4.74 Å². The minimum Gasteiger partial charge on any atom is -0.448 e. The first-order valence-electron chi connectivity index (χ1n) is 9.72. The Bertz CT molecular complexity index is 762. The molecule has 2 rings (SSSR count). The zero-order chi connectivity index (χ0) is 20.7.